The summed E-state index contributed by atoms with van der Waals surface area (Å²) in [6, 6.07) is 13.9. The van der Waals surface area contributed by atoms with E-state index in [0.717, 1.165) is 49.5 Å². The Balaban J connectivity index is 1.69. The predicted molar refractivity (Wildman–Crippen MR) is 140 cm³/mol. The summed E-state index contributed by atoms with van der Waals surface area (Å²) in [5, 5.41) is 0. The second-order valence-electron chi connectivity index (χ2n) is 9.62. The summed E-state index contributed by atoms with van der Waals surface area (Å²) in [5.41, 5.74) is 3.53. The standard InChI is InChI=1S/C28H38N4O3/c1-22(33)32-17-9-14-29(2)18-19-31(21-23-10-5-6-11-26(23)32)28(34)25-20-24(12-13-27(25)35-3)30-15-7-4-8-16-30/h5-6,10-13,20H,4,7-9,14-19,21H2,1-3H3. The molecule has 1 saturated heterocycles. The smallest absolute Gasteiger partial charge is 0.258 e. The minimum absolute atomic E-state index is 0.0214. The van der Waals surface area contributed by atoms with Crippen LogP contribution < -0.4 is 14.5 Å². The maximum atomic E-state index is 14.0. The molecule has 7 heteroatoms. The fourth-order valence-corrected chi connectivity index (χ4v) is 5.10. The van der Waals surface area contributed by atoms with Crippen molar-refractivity contribution in [1.82, 2.24) is 9.80 Å². The van der Waals surface area contributed by atoms with E-state index in [1.165, 1.54) is 19.3 Å². The molecule has 0 bridgehead atoms. The molecule has 35 heavy (non-hydrogen) atoms. The fraction of sp³-hybridized carbons (Fsp3) is 0.500. The number of piperidine rings is 1. The Morgan fingerprint density at radius 2 is 1.63 bits per heavy atom. The van der Waals surface area contributed by atoms with E-state index in [1.54, 1.807) is 14.0 Å². The number of rotatable bonds is 3. The first-order valence-electron chi connectivity index (χ1n) is 12.7. The van der Waals surface area contributed by atoms with E-state index in [-0.39, 0.29) is 11.8 Å². The number of anilines is 2. The number of hydrogen-bond acceptors (Lipinski definition) is 5. The number of hydrogen-bond donors (Lipinski definition) is 0. The Labute approximate surface area is 209 Å². The maximum Gasteiger partial charge on any atom is 0.258 e. The summed E-state index contributed by atoms with van der Waals surface area (Å²) in [5.74, 6) is 0.572. The molecule has 7 nitrogen and oxygen atoms in total. The Morgan fingerprint density at radius 1 is 0.857 bits per heavy atom. The molecule has 0 unspecified atom stereocenters. The van der Waals surface area contributed by atoms with Crippen LogP contribution >= 0.6 is 0 Å². The van der Waals surface area contributed by atoms with Gasteiger partial charge in [-0.25, -0.2) is 0 Å². The van der Waals surface area contributed by atoms with Gasteiger partial charge in [-0.05, 0) is 69.1 Å². The van der Waals surface area contributed by atoms with E-state index in [1.807, 2.05) is 46.2 Å². The number of likely N-dealkylation sites (N-methyl/N-ethyl adjacent to an activating group) is 1. The first-order chi connectivity index (χ1) is 17.0. The Bertz CT molecular complexity index is 1030. The van der Waals surface area contributed by atoms with E-state index in [2.05, 4.69) is 22.9 Å². The van der Waals surface area contributed by atoms with E-state index in [0.29, 0.717) is 30.9 Å². The molecule has 2 amide bonds. The molecule has 0 radical (unpaired) electrons. The number of benzene rings is 2. The predicted octanol–water partition coefficient (Wildman–Crippen LogP) is 4.02. The van der Waals surface area contributed by atoms with Crippen molar-refractivity contribution in [2.45, 2.75) is 39.2 Å². The van der Waals surface area contributed by atoms with Gasteiger partial charge in [-0.3, -0.25) is 9.59 Å². The zero-order valence-corrected chi connectivity index (χ0v) is 21.3. The number of nitrogens with zero attached hydrogens (tertiary/aromatic N) is 4. The van der Waals surface area contributed by atoms with Gasteiger partial charge in [0.1, 0.15) is 5.75 Å². The number of para-hydroxylation sites is 1. The van der Waals surface area contributed by atoms with Crippen molar-refractivity contribution < 1.29 is 14.3 Å². The highest BCUT2D eigenvalue weighted by Gasteiger charge is 2.25. The normalized spacial score (nSPS) is 18.0. The van der Waals surface area contributed by atoms with Gasteiger partial charge in [0.15, 0.2) is 0 Å². The number of carbonyl (C=O) groups is 2. The van der Waals surface area contributed by atoms with Crippen LogP contribution in [0.25, 0.3) is 0 Å². The lowest BCUT2D eigenvalue weighted by Crippen LogP contribution is -2.37. The molecule has 0 N–H and O–H groups in total. The number of amides is 2. The number of carbonyl (C=O) groups excluding carboxylic acids is 2. The molecule has 2 heterocycles. The van der Waals surface area contributed by atoms with E-state index in [9.17, 15) is 9.59 Å². The first kappa shape index (κ1) is 25.0. The molecule has 2 aliphatic rings. The average Bonchev–Trinajstić information content (AvgIpc) is 2.91. The SMILES string of the molecule is COc1ccc(N2CCCCC2)cc1C(=O)N1CCN(C)CCCN(C(C)=O)c2ccccc2C1. The quantitative estimate of drug-likeness (QED) is 0.667. The molecular formula is C28H38N4O3. The van der Waals surface area contributed by atoms with Crippen molar-refractivity contribution in [2.75, 3.05) is 63.2 Å². The van der Waals surface area contributed by atoms with Gasteiger partial charge in [-0.15, -0.1) is 0 Å². The van der Waals surface area contributed by atoms with Gasteiger partial charge in [-0.2, -0.15) is 0 Å². The summed E-state index contributed by atoms with van der Waals surface area (Å²) >= 11 is 0. The van der Waals surface area contributed by atoms with Crippen LogP contribution in [-0.4, -0.2) is 75.0 Å². The zero-order chi connectivity index (χ0) is 24.8. The maximum absolute atomic E-state index is 14.0. The third-order valence-electron chi connectivity index (χ3n) is 7.12. The van der Waals surface area contributed by atoms with Crippen LogP contribution in [0, 0.1) is 0 Å². The molecule has 0 saturated carbocycles. The third-order valence-corrected chi connectivity index (χ3v) is 7.12. The Hall–Kier alpha value is -3.06. The molecule has 0 aromatic heterocycles. The highest BCUT2D eigenvalue weighted by atomic mass is 16.5. The molecule has 2 aromatic rings. The van der Waals surface area contributed by atoms with Crippen LogP contribution in [0.2, 0.25) is 0 Å². The van der Waals surface area contributed by atoms with Crippen molar-refractivity contribution in [3.05, 3.63) is 53.6 Å². The van der Waals surface area contributed by atoms with Crippen molar-refractivity contribution >= 4 is 23.2 Å². The molecular weight excluding hydrogens is 440 g/mol. The third kappa shape index (κ3) is 5.96. The minimum atomic E-state index is -0.0439. The number of ether oxygens (including phenoxy) is 1. The van der Waals surface area contributed by atoms with Gasteiger partial charge in [0.25, 0.3) is 5.91 Å². The Morgan fingerprint density at radius 3 is 2.37 bits per heavy atom. The second-order valence-corrected chi connectivity index (χ2v) is 9.62. The highest BCUT2D eigenvalue weighted by Crippen LogP contribution is 2.30. The van der Waals surface area contributed by atoms with Crippen LogP contribution in [0.15, 0.2) is 42.5 Å². The molecule has 0 aliphatic carbocycles. The van der Waals surface area contributed by atoms with Crippen molar-refractivity contribution in [2.24, 2.45) is 0 Å². The number of methoxy groups -OCH3 is 1. The minimum Gasteiger partial charge on any atom is -0.496 e. The lowest BCUT2D eigenvalue weighted by molar-refractivity contribution is -0.116. The van der Waals surface area contributed by atoms with E-state index >= 15 is 0 Å². The van der Waals surface area contributed by atoms with Gasteiger partial charge in [0, 0.05) is 57.6 Å². The van der Waals surface area contributed by atoms with Crippen LogP contribution in [-0.2, 0) is 11.3 Å². The van der Waals surface area contributed by atoms with Crippen LogP contribution in [0.5, 0.6) is 5.75 Å². The lowest BCUT2D eigenvalue weighted by atomic mass is 10.1. The molecule has 4 rings (SSSR count). The Kier molecular flexibility index (Phi) is 8.29. The average molecular weight is 479 g/mol. The molecule has 0 atom stereocenters. The summed E-state index contributed by atoms with van der Waals surface area (Å²) < 4.78 is 5.63. The highest BCUT2D eigenvalue weighted by molar-refractivity contribution is 5.98. The van der Waals surface area contributed by atoms with Gasteiger partial charge < -0.3 is 24.3 Å². The topological polar surface area (TPSA) is 56.3 Å². The molecule has 1 fully saturated rings. The first-order valence-corrected chi connectivity index (χ1v) is 12.7. The second kappa shape index (κ2) is 11.6. The van der Waals surface area contributed by atoms with Crippen molar-refractivity contribution in [3.8, 4) is 5.75 Å². The van der Waals surface area contributed by atoms with Gasteiger partial charge in [0.05, 0.1) is 12.7 Å². The molecule has 188 valence electrons. The summed E-state index contributed by atoms with van der Waals surface area (Å²) in [6.45, 7) is 6.97. The summed E-state index contributed by atoms with van der Waals surface area (Å²) in [7, 11) is 3.69. The van der Waals surface area contributed by atoms with Crippen molar-refractivity contribution in [3.63, 3.8) is 0 Å². The van der Waals surface area contributed by atoms with Crippen LogP contribution in [0.3, 0.4) is 0 Å². The largest absolute Gasteiger partial charge is 0.496 e. The molecule has 2 aromatic carbocycles. The molecule has 2 aliphatic heterocycles. The summed E-state index contributed by atoms with van der Waals surface area (Å²) in [6.07, 6.45) is 4.49. The van der Waals surface area contributed by atoms with E-state index in [4.69, 9.17) is 4.74 Å². The van der Waals surface area contributed by atoms with E-state index < -0.39 is 0 Å². The van der Waals surface area contributed by atoms with Gasteiger partial charge in [0.2, 0.25) is 5.91 Å². The summed E-state index contributed by atoms with van der Waals surface area (Å²) in [4.78, 5) is 34.9. The van der Waals surface area contributed by atoms with Gasteiger partial charge in [-0.1, -0.05) is 18.2 Å². The van der Waals surface area contributed by atoms with Crippen LogP contribution in [0.4, 0.5) is 11.4 Å². The van der Waals surface area contributed by atoms with Crippen molar-refractivity contribution in [1.29, 1.82) is 0 Å². The monoisotopic (exact) mass is 478 g/mol. The lowest BCUT2D eigenvalue weighted by Gasteiger charge is -2.30. The van der Waals surface area contributed by atoms with Crippen LogP contribution in [0.1, 0.15) is 48.5 Å². The fourth-order valence-electron chi connectivity index (χ4n) is 5.10. The van der Waals surface area contributed by atoms with Gasteiger partial charge >= 0.3 is 0 Å². The molecule has 0 spiro atoms. The zero-order valence-electron chi connectivity index (χ0n) is 21.3. The number of fused-ring (bicyclic) bond motifs is 1.